The second-order valence-corrected chi connectivity index (χ2v) is 7.56. The number of rotatable bonds is 8. The van der Waals surface area contributed by atoms with Crippen molar-refractivity contribution in [2.24, 2.45) is 4.99 Å². The molecule has 2 aromatic rings. The zero-order valence-corrected chi connectivity index (χ0v) is 18.4. The Bertz CT molecular complexity index is 664. The van der Waals surface area contributed by atoms with Crippen molar-refractivity contribution in [2.45, 2.75) is 26.1 Å². The monoisotopic (exact) mass is 494 g/mol. The Hall–Kier alpha value is -0.870. The highest BCUT2D eigenvalue weighted by atomic mass is 127. The molecule has 2 rings (SSSR count). The number of thioether (sulfide) groups is 1. The van der Waals surface area contributed by atoms with Crippen LogP contribution in [0.2, 0.25) is 0 Å². The molecule has 1 aromatic heterocycles. The first kappa shape index (κ1) is 22.2. The molecule has 0 aliphatic carbocycles. The van der Waals surface area contributed by atoms with Crippen molar-refractivity contribution >= 4 is 53.0 Å². The second kappa shape index (κ2) is 12.5. The lowest BCUT2D eigenvalue weighted by atomic mass is 10.2. The number of thiazole rings is 1. The summed E-state index contributed by atoms with van der Waals surface area (Å²) in [6, 6.07) is 6.92. The van der Waals surface area contributed by atoms with Gasteiger partial charge in [-0.15, -0.1) is 35.3 Å². The van der Waals surface area contributed by atoms with E-state index in [2.05, 4.69) is 20.6 Å². The highest BCUT2D eigenvalue weighted by Crippen LogP contribution is 2.14. The molecule has 1 heterocycles. The van der Waals surface area contributed by atoms with Gasteiger partial charge in [0.25, 0.3) is 0 Å². The van der Waals surface area contributed by atoms with E-state index in [0.717, 1.165) is 35.4 Å². The number of aromatic nitrogens is 1. The normalized spacial score (nSPS) is 11.1. The van der Waals surface area contributed by atoms with E-state index in [1.807, 2.05) is 32.2 Å². The van der Waals surface area contributed by atoms with Gasteiger partial charge >= 0.3 is 0 Å². The van der Waals surface area contributed by atoms with Crippen LogP contribution in [0, 0.1) is 12.7 Å². The van der Waals surface area contributed by atoms with Gasteiger partial charge in [0.2, 0.25) is 0 Å². The molecule has 0 aliphatic heterocycles. The van der Waals surface area contributed by atoms with Crippen LogP contribution < -0.4 is 10.6 Å². The molecule has 8 heteroatoms. The first-order chi connectivity index (χ1) is 11.7. The summed E-state index contributed by atoms with van der Waals surface area (Å²) in [4.78, 5) is 10.1. The molecule has 25 heavy (non-hydrogen) atoms. The minimum Gasteiger partial charge on any atom is -0.357 e. The average molecular weight is 494 g/mol. The zero-order chi connectivity index (χ0) is 17.2. The number of benzene rings is 1. The summed E-state index contributed by atoms with van der Waals surface area (Å²) in [6.07, 6.45) is 1.87. The minimum atomic E-state index is -0.133. The van der Waals surface area contributed by atoms with Gasteiger partial charge < -0.3 is 10.6 Å². The van der Waals surface area contributed by atoms with Gasteiger partial charge in [-0.25, -0.2) is 14.4 Å². The van der Waals surface area contributed by atoms with E-state index in [9.17, 15) is 4.39 Å². The van der Waals surface area contributed by atoms with Gasteiger partial charge in [-0.3, -0.25) is 0 Å². The van der Waals surface area contributed by atoms with Crippen LogP contribution in [0.5, 0.6) is 0 Å². The number of hydrogen-bond donors (Lipinski definition) is 2. The largest absolute Gasteiger partial charge is 0.357 e. The molecule has 2 N–H and O–H groups in total. The molecular formula is C17H24FIN4S2. The zero-order valence-electron chi connectivity index (χ0n) is 14.4. The van der Waals surface area contributed by atoms with Gasteiger partial charge in [-0.1, -0.05) is 18.2 Å². The summed E-state index contributed by atoms with van der Waals surface area (Å²) >= 11 is 3.37. The number of nitrogens with one attached hydrogen (secondary N) is 2. The van der Waals surface area contributed by atoms with E-state index in [1.54, 1.807) is 29.2 Å². The molecule has 0 amide bonds. The van der Waals surface area contributed by atoms with Crippen LogP contribution in [-0.4, -0.2) is 29.8 Å². The smallest absolute Gasteiger partial charge is 0.191 e. The lowest BCUT2D eigenvalue weighted by Crippen LogP contribution is -2.38. The van der Waals surface area contributed by atoms with Gasteiger partial charge in [-0.2, -0.15) is 11.8 Å². The lowest BCUT2D eigenvalue weighted by molar-refractivity contribution is 0.617. The van der Waals surface area contributed by atoms with E-state index in [-0.39, 0.29) is 29.8 Å². The van der Waals surface area contributed by atoms with Crippen LogP contribution in [-0.2, 0) is 12.3 Å². The fourth-order valence-electron chi connectivity index (χ4n) is 2.00. The lowest BCUT2D eigenvalue weighted by Gasteiger charge is -2.11. The summed E-state index contributed by atoms with van der Waals surface area (Å²) < 4.78 is 13.5. The molecule has 0 saturated heterocycles. The van der Waals surface area contributed by atoms with Crippen LogP contribution >= 0.6 is 47.1 Å². The van der Waals surface area contributed by atoms with Crippen LogP contribution in [0.4, 0.5) is 4.39 Å². The van der Waals surface area contributed by atoms with Crippen molar-refractivity contribution < 1.29 is 4.39 Å². The van der Waals surface area contributed by atoms with Crippen LogP contribution in [0.1, 0.15) is 22.4 Å². The Morgan fingerprint density at radius 3 is 2.80 bits per heavy atom. The molecule has 1 aromatic carbocycles. The summed E-state index contributed by atoms with van der Waals surface area (Å²) in [5.41, 5.74) is 0.752. The Kier molecular flexibility index (Phi) is 11.1. The molecule has 0 atom stereocenters. The predicted molar refractivity (Wildman–Crippen MR) is 118 cm³/mol. The van der Waals surface area contributed by atoms with Gasteiger partial charge in [0, 0.05) is 35.7 Å². The molecular weight excluding hydrogens is 470 g/mol. The molecule has 4 nitrogen and oxygen atoms in total. The van der Waals surface area contributed by atoms with E-state index in [1.165, 1.54) is 10.9 Å². The molecule has 0 radical (unpaired) electrons. The molecule has 138 valence electrons. The quantitative estimate of drug-likeness (QED) is 0.250. The first-order valence-electron chi connectivity index (χ1n) is 7.93. The topological polar surface area (TPSA) is 49.3 Å². The van der Waals surface area contributed by atoms with Crippen molar-refractivity contribution in [1.29, 1.82) is 0 Å². The Labute approximate surface area is 174 Å². The third-order valence-electron chi connectivity index (χ3n) is 3.14. The maximum atomic E-state index is 13.5. The number of guanidine groups is 1. The standard InChI is InChI=1S/C17H23FN4S2.HI/c1-3-19-17(22-11-16-21-10-13(2)24-16)20-8-9-23-12-14-6-4-5-7-15(14)18;/h4-7,10H,3,8-9,11-12H2,1-2H3,(H2,19,20,22);1H. The average Bonchev–Trinajstić information content (AvgIpc) is 2.99. The Balaban J connectivity index is 0.00000312. The molecule has 0 spiro atoms. The van der Waals surface area contributed by atoms with E-state index in [0.29, 0.717) is 12.3 Å². The second-order valence-electron chi connectivity index (χ2n) is 5.13. The minimum absolute atomic E-state index is 0. The van der Waals surface area contributed by atoms with Gasteiger partial charge in [0.05, 0.1) is 6.54 Å². The van der Waals surface area contributed by atoms with Crippen LogP contribution in [0.15, 0.2) is 35.5 Å². The summed E-state index contributed by atoms with van der Waals surface area (Å²) in [6.45, 7) is 6.25. The number of aliphatic imine (C=N–C) groups is 1. The van der Waals surface area contributed by atoms with Crippen LogP contribution in [0.25, 0.3) is 0 Å². The van der Waals surface area contributed by atoms with Crippen molar-refractivity contribution in [1.82, 2.24) is 15.6 Å². The van der Waals surface area contributed by atoms with Gasteiger partial charge in [0.1, 0.15) is 10.8 Å². The van der Waals surface area contributed by atoms with Crippen molar-refractivity contribution in [2.75, 3.05) is 18.8 Å². The first-order valence-corrected chi connectivity index (χ1v) is 9.90. The summed E-state index contributed by atoms with van der Waals surface area (Å²) in [7, 11) is 0. The maximum absolute atomic E-state index is 13.5. The van der Waals surface area contributed by atoms with Crippen molar-refractivity contribution in [3.8, 4) is 0 Å². The van der Waals surface area contributed by atoms with E-state index in [4.69, 9.17) is 0 Å². The predicted octanol–water partition coefficient (Wildman–Crippen LogP) is 4.20. The Morgan fingerprint density at radius 1 is 1.32 bits per heavy atom. The molecule has 0 saturated carbocycles. The fraction of sp³-hybridized carbons (Fsp3) is 0.412. The number of aryl methyl sites for hydroxylation is 1. The summed E-state index contributed by atoms with van der Waals surface area (Å²) in [5.74, 6) is 2.22. The number of nitrogens with zero attached hydrogens (tertiary/aromatic N) is 2. The third kappa shape index (κ3) is 8.37. The highest BCUT2D eigenvalue weighted by molar-refractivity contribution is 14.0. The molecule has 0 bridgehead atoms. The third-order valence-corrected chi connectivity index (χ3v) is 5.05. The SMILES string of the molecule is CCNC(=NCc1ncc(C)s1)NCCSCc1ccccc1F.I. The highest BCUT2D eigenvalue weighted by Gasteiger charge is 2.02. The molecule has 0 aliphatic rings. The van der Waals surface area contributed by atoms with Crippen molar-refractivity contribution in [3.63, 3.8) is 0 Å². The Morgan fingerprint density at radius 2 is 2.12 bits per heavy atom. The van der Waals surface area contributed by atoms with Crippen LogP contribution in [0.3, 0.4) is 0 Å². The van der Waals surface area contributed by atoms with Gasteiger partial charge in [-0.05, 0) is 25.5 Å². The molecule has 0 unspecified atom stereocenters. The number of halogens is 2. The maximum Gasteiger partial charge on any atom is 0.191 e. The van der Waals surface area contributed by atoms with Crippen molar-refractivity contribution in [3.05, 3.63) is 51.7 Å². The van der Waals surface area contributed by atoms with E-state index >= 15 is 0 Å². The fourth-order valence-corrected chi connectivity index (χ4v) is 3.56. The molecule has 0 fully saturated rings. The number of hydrogen-bond acceptors (Lipinski definition) is 4. The van der Waals surface area contributed by atoms with Gasteiger partial charge in [0.15, 0.2) is 5.96 Å². The summed E-state index contributed by atoms with van der Waals surface area (Å²) in [5, 5.41) is 7.54. The van der Waals surface area contributed by atoms with E-state index < -0.39 is 0 Å².